The Kier molecular flexibility index (Phi) is 6.04. The minimum atomic E-state index is -2.40. The second-order valence-electron chi connectivity index (χ2n) is 6.58. The molecule has 0 N–H and O–H groups in total. The summed E-state index contributed by atoms with van der Waals surface area (Å²) in [5.74, 6) is -0.320. The number of hydrogen-bond acceptors (Lipinski definition) is 2. The number of carbonyl (C=O) groups is 1. The standard InChI is InChI=1S/C24H24O2Si/c1-20(18-19-24(25)26-2)27(21-12-6-3-7-13-21,22-14-8-4-9-15-22)23-16-10-5-11-17-23/h3-20H,1-2H3/b19-18+. The van der Waals surface area contributed by atoms with Crippen LogP contribution in [0.5, 0.6) is 0 Å². The molecule has 0 aliphatic carbocycles. The van der Waals surface area contributed by atoms with E-state index in [-0.39, 0.29) is 11.5 Å². The Labute approximate surface area is 162 Å². The summed E-state index contributed by atoms with van der Waals surface area (Å²) >= 11 is 0. The van der Waals surface area contributed by atoms with Gasteiger partial charge in [-0.05, 0) is 21.1 Å². The van der Waals surface area contributed by atoms with Crippen molar-refractivity contribution >= 4 is 29.6 Å². The second kappa shape index (κ2) is 8.65. The summed E-state index contributed by atoms with van der Waals surface area (Å²) in [6, 6.07) is 32.0. The highest BCUT2D eigenvalue weighted by Crippen LogP contribution is 2.24. The van der Waals surface area contributed by atoms with Gasteiger partial charge in [-0.15, -0.1) is 0 Å². The van der Waals surface area contributed by atoms with E-state index in [1.807, 2.05) is 24.3 Å². The van der Waals surface area contributed by atoms with Crippen LogP contribution in [0.15, 0.2) is 103 Å². The number of carbonyl (C=O) groups excluding carboxylic acids is 1. The predicted octanol–water partition coefficient (Wildman–Crippen LogP) is 3.28. The van der Waals surface area contributed by atoms with Gasteiger partial charge in [-0.1, -0.05) is 104 Å². The molecule has 3 aromatic rings. The lowest BCUT2D eigenvalue weighted by Crippen LogP contribution is -2.69. The van der Waals surface area contributed by atoms with Crippen LogP contribution in [-0.2, 0) is 9.53 Å². The maximum atomic E-state index is 11.8. The van der Waals surface area contributed by atoms with Crippen molar-refractivity contribution in [1.29, 1.82) is 0 Å². The van der Waals surface area contributed by atoms with E-state index in [0.29, 0.717) is 0 Å². The van der Waals surface area contributed by atoms with E-state index in [9.17, 15) is 4.79 Å². The fourth-order valence-electron chi connectivity index (χ4n) is 3.83. The summed E-state index contributed by atoms with van der Waals surface area (Å²) in [6.07, 6.45) is 3.56. The molecule has 2 nitrogen and oxygen atoms in total. The highest BCUT2D eigenvalue weighted by Gasteiger charge is 2.43. The normalized spacial score (nSPS) is 12.7. The van der Waals surface area contributed by atoms with Crippen LogP contribution >= 0.6 is 0 Å². The van der Waals surface area contributed by atoms with Crippen molar-refractivity contribution in [2.24, 2.45) is 0 Å². The van der Waals surface area contributed by atoms with Crippen LogP contribution in [0.2, 0.25) is 5.54 Å². The minimum absolute atomic E-state index is 0.156. The van der Waals surface area contributed by atoms with Gasteiger partial charge < -0.3 is 4.74 Å². The molecule has 0 saturated heterocycles. The first kappa shape index (κ1) is 18.9. The first-order valence-electron chi connectivity index (χ1n) is 9.12. The maximum absolute atomic E-state index is 11.8. The zero-order valence-corrected chi connectivity index (χ0v) is 16.7. The number of rotatable bonds is 6. The monoisotopic (exact) mass is 372 g/mol. The van der Waals surface area contributed by atoms with Crippen LogP contribution in [0.25, 0.3) is 0 Å². The number of ether oxygens (including phenoxy) is 1. The molecular formula is C24H24O2Si. The Hall–Kier alpha value is -2.91. The lowest BCUT2D eigenvalue weighted by Gasteiger charge is -2.37. The molecule has 0 heterocycles. The van der Waals surface area contributed by atoms with E-state index in [4.69, 9.17) is 4.74 Å². The van der Waals surface area contributed by atoms with Gasteiger partial charge in [-0.25, -0.2) is 4.79 Å². The quantitative estimate of drug-likeness (QED) is 0.287. The maximum Gasteiger partial charge on any atom is 0.330 e. The summed E-state index contributed by atoms with van der Waals surface area (Å²) < 4.78 is 4.82. The van der Waals surface area contributed by atoms with Crippen LogP contribution < -0.4 is 15.6 Å². The number of allylic oxidation sites excluding steroid dienone is 1. The molecule has 0 aromatic heterocycles. The lowest BCUT2D eigenvalue weighted by atomic mass is 10.3. The first-order valence-corrected chi connectivity index (χ1v) is 11.2. The summed E-state index contributed by atoms with van der Waals surface area (Å²) in [7, 11) is -0.991. The summed E-state index contributed by atoms with van der Waals surface area (Å²) in [5.41, 5.74) is 0.156. The summed E-state index contributed by atoms with van der Waals surface area (Å²) in [6.45, 7) is 2.21. The molecule has 0 aliphatic rings. The van der Waals surface area contributed by atoms with Gasteiger partial charge in [0, 0.05) is 6.08 Å². The van der Waals surface area contributed by atoms with Crippen molar-refractivity contribution in [1.82, 2.24) is 0 Å². The van der Waals surface area contributed by atoms with Gasteiger partial charge in [0.1, 0.15) is 0 Å². The first-order chi connectivity index (χ1) is 13.2. The molecule has 1 atom stereocenters. The third kappa shape index (κ3) is 3.78. The van der Waals surface area contributed by atoms with E-state index in [2.05, 4.69) is 79.7 Å². The predicted molar refractivity (Wildman–Crippen MR) is 115 cm³/mol. The Morgan fingerprint density at radius 2 is 1.15 bits per heavy atom. The Morgan fingerprint density at radius 3 is 1.48 bits per heavy atom. The molecule has 3 aromatic carbocycles. The average Bonchev–Trinajstić information content (AvgIpc) is 2.75. The molecule has 3 heteroatoms. The minimum Gasteiger partial charge on any atom is -0.466 e. The highest BCUT2D eigenvalue weighted by atomic mass is 28.3. The lowest BCUT2D eigenvalue weighted by molar-refractivity contribution is -0.134. The molecule has 136 valence electrons. The van der Waals surface area contributed by atoms with Gasteiger partial charge in [0.2, 0.25) is 0 Å². The topological polar surface area (TPSA) is 26.3 Å². The number of esters is 1. The van der Waals surface area contributed by atoms with Gasteiger partial charge in [0.15, 0.2) is 8.07 Å². The van der Waals surface area contributed by atoms with Gasteiger partial charge in [0.05, 0.1) is 7.11 Å². The smallest absolute Gasteiger partial charge is 0.330 e. The third-order valence-electron chi connectivity index (χ3n) is 5.09. The van der Waals surface area contributed by atoms with E-state index in [1.54, 1.807) is 6.08 Å². The fourth-order valence-corrected chi connectivity index (χ4v) is 8.94. The third-order valence-corrected chi connectivity index (χ3v) is 10.4. The van der Waals surface area contributed by atoms with Crippen LogP contribution in [0, 0.1) is 0 Å². The fraction of sp³-hybridized carbons (Fsp3) is 0.125. The number of benzene rings is 3. The van der Waals surface area contributed by atoms with Crippen molar-refractivity contribution in [3.05, 3.63) is 103 Å². The molecule has 0 bridgehead atoms. The molecule has 0 amide bonds. The van der Waals surface area contributed by atoms with E-state index < -0.39 is 8.07 Å². The van der Waals surface area contributed by atoms with Gasteiger partial charge in [0.25, 0.3) is 0 Å². The van der Waals surface area contributed by atoms with Gasteiger partial charge in [-0.2, -0.15) is 0 Å². The van der Waals surface area contributed by atoms with Crippen molar-refractivity contribution < 1.29 is 9.53 Å². The molecule has 0 saturated carbocycles. The van der Waals surface area contributed by atoms with E-state index in [0.717, 1.165) is 0 Å². The van der Waals surface area contributed by atoms with Crippen molar-refractivity contribution in [3.63, 3.8) is 0 Å². The van der Waals surface area contributed by atoms with Crippen molar-refractivity contribution in [2.45, 2.75) is 12.5 Å². The highest BCUT2D eigenvalue weighted by molar-refractivity contribution is 7.12. The Morgan fingerprint density at radius 1 is 0.778 bits per heavy atom. The molecule has 0 fully saturated rings. The molecule has 27 heavy (non-hydrogen) atoms. The van der Waals surface area contributed by atoms with Crippen molar-refractivity contribution in [3.8, 4) is 0 Å². The van der Waals surface area contributed by atoms with Crippen molar-refractivity contribution in [2.75, 3.05) is 7.11 Å². The van der Waals surface area contributed by atoms with Gasteiger partial charge in [-0.3, -0.25) is 0 Å². The van der Waals surface area contributed by atoms with Gasteiger partial charge >= 0.3 is 5.97 Å². The van der Waals surface area contributed by atoms with Crippen LogP contribution in [0.3, 0.4) is 0 Å². The van der Waals surface area contributed by atoms with E-state index >= 15 is 0 Å². The number of hydrogen-bond donors (Lipinski definition) is 0. The molecular weight excluding hydrogens is 348 g/mol. The van der Waals surface area contributed by atoms with E-state index in [1.165, 1.54) is 22.7 Å². The Bertz CT molecular complexity index is 793. The molecule has 0 aliphatic heterocycles. The summed E-state index contributed by atoms with van der Waals surface area (Å²) in [4.78, 5) is 11.8. The molecule has 0 radical (unpaired) electrons. The Balaban J connectivity index is 2.29. The SMILES string of the molecule is COC(=O)/C=C/C(C)[Si](c1ccccc1)(c1ccccc1)c1ccccc1. The van der Waals surface area contributed by atoms with Crippen LogP contribution in [0.1, 0.15) is 6.92 Å². The average molecular weight is 373 g/mol. The second-order valence-corrected chi connectivity index (χ2v) is 10.8. The summed E-state index contributed by atoms with van der Waals surface area (Å²) in [5, 5.41) is 3.97. The molecule has 0 spiro atoms. The zero-order chi connectivity index (χ0) is 19.1. The largest absolute Gasteiger partial charge is 0.466 e. The van der Waals surface area contributed by atoms with Crippen LogP contribution in [-0.4, -0.2) is 21.2 Å². The molecule has 3 rings (SSSR count). The number of methoxy groups -OCH3 is 1. The zero-order valence-electron chi connectivity index (χ0n) is 15.7. The molecule has 1 unspecified atom stereocenters. The van der Waals surface area contributed by atoms with Crippen LogP contribution in [0.4, 0.5) is 0 Å².